The van der Waals surface area contributed by atoms with Gasteiger partial charge in [-0.2, -0.15) is 0 Å². The van der Waals surface area contributed by atoms with Gasteiger partial charge in [0.15, 0.2) is 11.5 Å². The summed E-state index contributed by atoms with van der Waals surface area (Å²) >= 11 is 0. The molecule has 0 radical (unpaired) electrons. The molecule has 1 saturated carbocycles. The number of fused-ring (bicyclic) bond motifs is 1. The molecule has 1 aromatic carbocycles. The Morgan fingerprint density at radius 1 is 1.18 bits per heavy atom. The molecule has 1 aliphatic rings. The van der Waals surface area contributed by atoms with Gasteiger partial charge in [0.1, 0.15) is 5.52 Å². The number of nitrogens with two attached hydrogens (primary N) is 1. The fraction of sp³-hybridized carbons (Fsp3) is 0.292. The van der Waals surface area contributed by atoms with E-state index in [-0.39, 0.29) is 11.6 Å². The molecule has 0 bridgehead atoms. The summed E-state index contributed by atoms with van der Waals surface area (Å²) in [4.78, 5) is 30.7. The molecule has 9 nitrogen and oxygen atoms in total. The normalized spacial score (nSPS) is 13.9. The van der Waals surface area contributed by atoms with Crippen LogP contribution in [0.25, 0.3) is 22.3 Å². The summed E-state index contributed by atoms with van der Waals surface area (Å²) in [6.45, 7) is 3.45. The van der Waals surface area contributed by atoms with Gasteiger partial charge in [0.05, 0.1) is 35.0 Å². The minimum atomic E-state index is -0.946. The quantitative estimate of drug-likeness (QED) is 0.416. The SMILES string of the molecule is Cn1cnc2c(-c3nc(C(N)=O)c(Nc4ccc(C(C)(C)O)cc4)nc3C3CC3)cncc21. The molecule has 0 aliphatic heterocycles. The van der Waals surface area contributed by atoms with Crippen LogP contribution >= 0.6 is 0 Å². The molecule has 3 aromatic heterocycles. The highest BCUT2D eigenvalue weighted by Crippen LogP contribution is 2.44. The van der Waals surface area contributed by atoms with Crippen LogP contribution in [0, 0.1) is 0 Å². The van der Waals surface area contributed by atoms with Crippen molar-refractivity contribution in [3.63, 3.8) is 0 Å². The van der Waals surface area contributed by atoms with E-state index in [9.17, 15) is 9.90 Å². The topological polar surface area (TPSA) is 132 Å². The first-order chi connectivity index (χ1) is 15.7. The molecule has 1 fully saturated rings. The lowest BCUT2D eigenvalue weighted by Gasteiger charge is -2.18. The molecule has 5 rings (SSSR count). The summed E-state index contributed by atoms with van der Waals surface area (Å²) in [6, 6.07) is 7.29. The predicted molar refractivity (Wildman–Crippen MR) is 125 cm³/mol. The number of anilines is 2. The van der Waals surface area contributed by atoms with Crippen molar-refractivity contribution in [2.75, 3.05) is 5.32 Å². The van der Waals surface area contributed by atoms with Crippen LogP contribution in [0.15, 0.2) is 43.0 Å². The summed E-state index contributed by atoms with van der Waals surface area (Å²) in [7, 11) is 1.90. The van der Waals surface area contributed by atoms with E-state index in [1.807, 2.05) is 35.9 Å². The second-order valence-corrected chi connectivity index (χ2v) is 8.96. The molecule has 1 aliphatic carbocycles. The van der Waals surface area contributed by atoms with E-state index in [4.69, 9.17) is 10.7 Å². The molecule has 9 heteroatoms. The lowest BCUT2D eigenvalue weighted by molar-refractivity contribution is 0.0786. The summed E-state index contributed by atoms with van der Waals surface area (Å²) in [5.74, 6) is -0.111. The Morgan fingerprint density at radius 2 is 1.91 bits per heavy atom. The maximum atomic E-state index is 12.4. The molecule has 0 unspecified atom stereocenters. The van der Waals surface area contributed by atoms with Gasteiger partial charge in [-0.05, 0) is 44.4 Å². The number of primary amides is 1. The Morgan fingerprint density at radius 3 is 2.55 bits per heavy atom. The zero-order valence-corrected chi connectivity index (χ0v) is 18.7. The van der Waals surface area contributed by atoms with Crippen molar-refractivity contribution in [1.29, 1.82) is 0 Å². The van der Waals surface area contributed by atoms with E-state index in [0.717, 1.165) is 40.7 Å². The minimum absolute atomic E-state index is 0.0499. The monoisotopic (exact) mass is 443 g/mol. The van der Waals surface area contributed by atoms with Gasteiger partial charge in [-0.25, -0.2) is 15.0 Å². The molecule has 3 heterocycles. The van der Waals surface area contributed by atoms with Gasteiger partial charge in [0, 0.05) is 30.4 Å². The first-order valence-electron chi connectivity index (χ1n) is 10.8. The Kier molecular flexibility index (Phi) is 4.86. The lowest BCUT2D eigenvalue weighted by atomic mass is 9.98. The number of nitrogens with one attached hydrogen (secondary N) is 1. The third kappa shape index (κ3) is 3.91. The largest absolute Gasteiger partial charge is 0.386 e. The van der Waals surface area contributed by atoms with E-state index in [2.05, 4.69) is 20.3 Å². The number of nitrogens with zero attached hydrogens (tertiary/aromatic N) is 5. The molecule has 1 amide bonds. The predicted octanol–water partition coefficient (Wildman–Crippen LogP) is 3.37. The van der Waals surface area contributed by atoms with Gasteiger partial charge in [-0.15, -0.1) is 0 Å². The summed E-state index contributed by atoms with van der Waals surface area (Å²) in [6.07, 6.45) is 7.19. The Labute approximate surface area is 190 Å². The third-order valence-corrected chi connectivity index (χ3v) is 5.87. The zero-order valence-electron chi connectivity index (χ0n) is 18.7. The Bertz CT molecular complexity index is 1370. The highest BCUT2D eigenvalue weighted by Gasteiger charge is 2.32. The van der Waals surface area contributed by atoms with E-state index < -0.39 is 11.5 Å². The third-order valence-electron chi connectivity index (χ3n) is 5.87. The number of carbonyl (C=O) groups is 1. The van der Waals surface area contributed by atoms with Crippen molar-refractivity contribution in [3.05, 3.63) is 59.9 Å². The van der Waals surface area contributed by atoms with Crippen molar-refractivity contribution in [2.45, 2.75) is 38.2 Å². The molecule has 4 N–H and O–H groups in total. The standard InChI is InChI=1S/C24H25N7O2/c1-24(2,33)14-6-8-15(9-7-14)28-23-21(22(25)32)29-20(18(30-23)13-4-5-13)16-10-26-11-17-19(16)27-12-31(17)3/h6-13,33H,4-5H2,1-3H3,(H2,25,32)(H,28,30). The van der Waals surface area contributed by atoms with Gasteiger partial charge in [0.2, 0.25) is 0 Å². The molecule has 0 atom stereocenters. The van der Waals surface area contributed by atoms with Crippen molar-refractivity contribution in [1.82, 2.24) is 24.5 Å². The maximum Gasteiger partial charge on any atom is 0.271 e. The minimum Gasteiger partial charge on any atom is -0.386 e. The first-order valence-corrected chi connectivity index (χ1v) is 10.8. The van der Waals surface area contributed by atoms with Crippen molar-refractivity contribution >= 4 is 28.4 Å². The second-order valence-electron chi connectivity index (χ2n) is 8.96. The van der Waals surface area contributed by atoms with Gasteiger partial charge in [0.25, 0.3) is 5.91 Å². The maximum absolute atomic E-state index is 12.4. The average Bonchev–Trinajstić information content (AvgIpc) is 3.55. The molecule has 168 valence electrons. The Balaban J connectivity index is 1.62. The number of imidazole rings is 1. The number of aliphatic hydroxyl groups is 1. The second kappa shape index (κ2) is 7.63. The van der Waals surface area contributed by atoms with Crippen LogP contribution in [0.1, 0.15) is 54.4 Å². The molecular weight excluding hydrogens is 418 g/mol. The molecule has 33 heavy (non-hydrogen) atoms. The van der Waals surface area contributed by atoms with Crippen molar-refractivity contribution in [3.8, 4) is 11.3 Å². The fourth-order valence-electron chi connectivity index (χ4n) is 3.86. The van der Waals surface area contributed by atoms with Crippen LogP contribution in [0.2, 0.25) is 0 Å². The van der Waals surface area contributed by atoms with Crippen LogP contribution in [0.5, 0.6) is 0 Å². The molecule has 0 spiro atoms. The first kappa shape index (κ1) is 21.0. The van der Waals surface area contributed by atoms with Gasteiger partial charge in [-0.1, -0.05) is 12.1 Å². The number of pyridine rings is 1. The van der Waals surface area contributed by atoms with Crippen LogP contribution in [0.3, 0.4) is 0 Å². The van der Waals surface area contributed by atoms with Gasteiger partial charge in [-0.3, -0.25) is 9.78 Å². The smallest absolute Gasteiger partial charge is 0.271 e. The summed E-state index contributed by atoms with van der Waals surface area (Å²) in [5, 5.41) is 13.4. The number of amides is 1. The van der Waals surface area contributed by atoms with Crippen LogP contribution in [-0.4, -0.2) is 35.5 Å². The van der Waals surface area contributed by atoms with Crippen LogP contribution < -0.4 is 11.1 Å². The van der Waals surface area contributed by atoms with Crippen molar-refractivity contribution < 1.29 is 9.90 Å². The summed E-state index contributed by atoms with van der Waals surface area (Å²) in [5.41, 5.74) is 10.0. The van der Waals surface area contributed by atoms with Crippen LogP contribution in [-0.2, 0) is 12.6 Å². The zero-order chi connectivity index (χ0) is 23.3. The van der Waals surface area contributed by atoms with E-state index in [1.54, 1.807) is 32.6 Å². The van der Waals surface area contributed by atoms with Gasteiger partial charge < -0.3 is 20.7 Å². The number of benzene rings is 1. The number of rotatable bonds is 6. The number of aryl methyl sites for hydroxylation is 1. The number of hydrogen-bond acceptors (Lipinski definition) is 7. The number of aromatic nitrogens is 5. The molecule has 0 saturated heterocycles. The lowest BCUT2D eigenvalue weighted by Crippen LogP contribution is -2.18. The summed E-state index contributed by atoms with van der Waals surface area (Å²) < 4.78 is 1.89. The number of hydrogen-bond donors (Lipinski definition) is 3. The fourth-order valence-corrected chi connectivity index (χ4v) is 3.86. The molecule has 4 aromatic rings. The highest BCUT2D eigenvalue weighted by molar-refractivity contribution is 5.98. The number of carbonyl (C=O) groups excluding carboxylic acids is 1. The van der Waals surface area contributed by atoms with Gasteiger partial charge >= 0.3 is 0 Å². The average molecular weight is 444 g/mol. The molecular formula is C24H25N7O2. The van der Waals surface area contributed by atoms with E-state index >= 15 is 0 Å². The van der Waals surface area contributed by atoms with E-state index in [0.29, 0.717) is 17.2 Å². The highest BCUT2D eigenvalue weighted by atomic mass is 16.3. The van der Waals surface area contributed by atoms with E-state index in [1.165, 1.54) is 0 Å². The van der Waals surface area contributed by atoms with Crippen LogP contribution in [0.4, 0.5) is 11.5 Å². The van der Waals surface area contributed by atoms with Crippen molar-refractivity contribution in [2.24, 2.45) is 12.8 Å². The Hall–Kier alpha value is -3.85.